The van der Waals surface area contributed by atoms with Crippen molar-refractivity contribution < 1.29 is 39.0 Å². The quantitative estimate of drug-likeness (QED) is 0.0410. The maximum absolute atomic E-state index is 12.8. The SMILES string of the molecule is NC(=O)CC(N)C(=O)NC(CCCN=C(N)N)C(=O)NC(CC(=O)O)C(=O)NC(CS)C(=O)O. The van der Waals surface area contributed by atoms with E-state index in [-0.39, 0.29) is 31.1 Å². The number of carboxylic acid groups (broad SMARTS) is 2. The fraction of sp³-hybridized carbons (Fsp3) is 0.588. The van der Waals surface area contributed by atoms with Crippen molar-refractivity contribution in [1.82, 2.24) is 16.0 Å². The van der Waals surface area contributed by atoms with Crippen LogP contribution in [0, 0.1) is 0 Å². The van der Waals surface area contributed by atoms with E-state index in [0.717, 1.165) is 0 Å². The number of primary amides is 1. The molecule has 0 aliphatic heterocycles. The van der Waals surface area contributed by atoms with E-state index >= 15 is 0 Å². The first-order valence-corrected chi connectivity index (χ1v) is 10.5. The first-order valence-electron chi connectivity index (χ1n) is 9.84. The average molecular weight is 507 g/mol. The predicted molar refractivity (Wildman–Crippen MR) is 121 cm³/mol. The van der Waals surface area contributed by atoms with Crippen molar-refractivity contribution >= 4 is 54.2 Å². The first-order chi connectivity index (χ1) is 15.8. The van der Waals surface area contributed by atoms with Gasteiger partial charge < -0.3 is 49.1 Å². The van der Waals surface area contributed by atoms with Crippen LogP contribution in [0.4, 0.5) is 0 Å². The number of nitrogens with zero attached hydrogens (tertiary/aromatic N) is 1. The van der Waals surface area contributed by atoms with Crippen LogP contribution in [0.3, 0.4) is 0 Å². The maximum atomic E-state index is 12.8. The summed E-state index contributed by atoms with van der Waals surface area (Å²) in [7, 11) is 0. The molecule has 13 N–H and O–H groups in total. The Morgan fingerprint density at radius 2 is 1.35 bits per heavy atom. The van der Waals surface area contributed by atoms with Gasteiger partial charge in [-0.3, -0.25) is 29.0 Å². The molecule has 0 spiro atoms. The number of aliphatic imine (C=N–C) groups is 1. The molecule has 0 saturated heterocycles. The third kappa shape index (κ3) is 12.4. The summed E-state index contributed by atoms with van der Waals surface area (Å²) in [6.45, 7) is 0.0800. The van der Waals surface area contributed by atoms with Gasteiger partial charge in [-0.25, -0.2) is 4.79 Å². The van der Waals surface area contributed by atoms with Crippen LogP contribution in [0.15, 0.2) is 4.99 Å². The van der Waals surface area contributed by atoms with Gasteiger partial charge in [0, 0.05) is 12.3 Å². The van der Waals surface area contributed by atoms with E-state index in [4.69, 9.17) is 33.1 Å². The first kappa shape index (κ1) is 30.4. The molecule has 17 heteroatoms. The second kappa shape index (κ2) is 15.3. The molecule has 0 bridgehead atoms. The van der Waals surface area contributed by atoms with Crippen molar-refractivity contribution in [1.29, 1.82) is 0 Å². The Morgan fingerprint density at radius 3 is 1.82 bits per heavy atom. The van der Waals surface area contributed by atoms with Gasteiger partial charge in [-0.2, -0.15) is 12.6 Å². The predicted octanol–water partition coefficient (Wildman–Crippen LogP) is -4.81. The lowest BCUT2D eigenvalue weighted by Gasteiger charge is -2.24. The highest BCUT2D eigenvalue weighted by Crippen LogP contribution is 2.04. The van der Waals surface area contributed by atoms with Gasteiger partial charge >= 0.3 is 11.9 Å². The Morgan fingerprint density at radius 1 is 0.824 bits per heavy atom. The van der Waals surface area contributed by atoms with E-state index in [1.54, 1.807) is 0 Å². The molecule has 0 radical (unpaired) electrons. The lowest BCUT2D eigenvalue weighted by atomic mass is 10.1. The normalized spacial score (nSPS) is 13.9. The van der Waals surface area contributed by atoms with E-state index in [1.807, 2.05) is 0 Å². The number of carbonyl (C=O) groups is 6. The monoisotopic (exact) mass is 506 g/mol. The molecule has 16 nitrogen and oxygen atoms in total. The van der Waals surface area contributed by atoms with Gasteiger partial charge in [-0.05, 0) is 12.8 Å². The number of hydrogen-bond donors (Lipinski definition) is 10. The summed E-state index contributed by atoms with van der Waals surface area (Å²) in [5, 5.41) is 24.7. The number of rotatable bonds is 16. The largest absolute Gasteiger partial charge is 0.481 e. The van der Waals surface area contributed by atoms with Crippen molar-refractivity contribution in [2.45, 2.75) is 49.9 Å². The minimum Gasteiger partial charge on any atom is -0.481 e. The third-order valence-corrected chi connectivity index (χ3v) is 4.51. The molecule has 0 aliphatic carbocycles. The number of hydrogen-bond acceptors (Lipinski definition) is 9. The average Bonchev–Trinajstić information content (AvgIpc) is 2.71. The molecule has 34 heavy (non-hydrogen) atoms. The van der Waals surface area contributed by atoms with Crippen LogP contribution in [-0.2, 0) is 28.8 Å². The number of carboxylic acids is 2. The van der Waals surface area contributed by atoms with Gasteiger partial charge in [-0.15, -0.1) is 0 Å². The number of nitrogens with two attached hydrogens (primary N) is 4. The van der Waals surface area contributed by atoms with E-state index in [1.165, 1.54) is 0 Å². The topological polar surface area (TPSA) is 295 Å². The molecule has 0 saturated carbocycles. The zero-order chi connectivity index (χ0) is 26.4. The highest BCUT2D eigenvalue weighted by Gasteiger charge is 2.31. The Bertz CT molecular complexity index is 804. The van der Waals surface area contributed by atoms with Crippen LogP contribution in [0.1, 0.15) is 25.7 Å². The number of carbonyl (C=O) groups excluding carboxylic acids is 4. The van der Waals surface area contributed by atoms with Crippen LogP contribution in [-0.4, -0.2) is 88.2 Å². The smallest absolute Gasteiger partial charge is 0.327 e. The van der Waals surface area contributed by atoms with E-state index in [0.29, 0.717) is 0 Å². The summed E-state index contributed by atoms with van der Waals surface area (Å²) < 4.78 is 0. The fourth-order valence-electron chi connectivity index (χ4n) is 2.47. The van der Waals surface area contributed by atoms with Gasteiger partial charge in [0.15, 0.2) is 5.96 Å². The van der Waals surface area contributed by atoms with Crippen molar-refractivity contribution in [3.05, 3.63) is 0 Å². The van der Waals surface area contributed by atoms with Gasteiger partial charge in [0.1, 0.15) is 18.1 Å². The van der Waals surface area contributed by atoms with Crippen LogP contribution in [0.2, 0.25) is 0 Å². The van der Waals surface area contributed by atoms with E-state index in [2.05, 4.69) is 33.6 Å². The zero-order valence-electron chi connectivity index (χ0n) is 18.1. The highest BCUT2D eigenvalue weighted by molar-refractivity contribution is 7.80. The number of amides is 4. The second-order valence-electron chi connectivity index (χ2n) is 7.03. The molecule has 4 unspecified atom stereocenters. The number of guanidine groups is 1. The lowest BCUT2D eigenvalue weighted by molar-refractivity contribution is -0.143. The van der Waals surface area contributed by atoms with Crippen LogP contribution in [0.25, 0.3) is 0 Å². The zero-order valence-corrected chi connectivity index (χ0v) is 19.0. The van der Waals surface area contributed by atoms with Crippen molar-refractivity contribution in [3.8, 4) is 0 Å². The van der Waals surface area contributed by atoms with Crippen molar-refractivity contribution in [3.63, 3.8) is 0 Å². The standard InChI is InChI=1S/C17H30N8O8S/c18-7(4-11(19)26)13(29)23-8(2-1-3-22-17(20)21)14(30)24-9(5-12(27)28)15(31)25-10(6-34)16(32)33/h7-10,34H,1-6,18H2,(H2,19,26)(H,23,29)(H,24,30)(H,25,31)(H,27,28)(H,32,33)(H4,20,21,22). The second-order valence-corrected chi connectivity index (χ2v) is 7.39. The van der Waals surface area contributed by atoms with Crippen LogP contribution in [0.5, 0.6) is 0 Å². The molecule has 0 fully saturated rings. The molecule has 0 heterocycles. The van der Waals surface area contributed by atoms with Crippen molar-refractivity contribution in [2.24, 2.45) is 27.9 Å². The molecule has 0 aromatic carbocycles. The minimum atomic E-state index is -1.68. The molecular weight excluding hydrogens is 476 g/mol. The Labute approximate surface area is 199 Å². The highest BCUT2D eigenvalue weighted by atomic mass is 32.1. The summed E-state index contributed by atoms with van der Waals surface area (Å²) in [6.07, 6.45) is -1.27. The third-order valence-electron chi connectivity index (χ3n) is 4.15. The molecule has 0 aliphatic rings. The summed E-state index contributed by atoms with van der Waals surface area (Å²) in [4.78, 5) is 74.4. The van der Waals surface area contributed by atoms with Gasteiger partial charge in [0.25, 0.3) is 0 Å². The van der Waals surface area contributed by atoms with E-state index < -0.39 is 72.6 Å². The molecule has 4 atom stereocenters. The van der Waals surface area contributed by atoms with Crippen molar-refractivity contribution in [2.75, 3.05) is 12.3 Å². The number of thiol groups is 1. The number of nitrogens with one attached hydrogen (secondary N) is 3. The molecular formula is C17H30N8O8S. The summed E-state index contributed by atoms with van der Waals surface area (Å²) >= 11 is 3.79. The Hall–Kier alpha value is -3.60. The molecule has 192 valence electrons. The van der Waals surface area contributed by atoms with Gasteiger partial charge in [0.05, 0.1) is 18.9 Å². The summed E-state index contributed by atoms with van der Waals surface area (Å²) in [6, 6.07) is -5.81. The van der Waals surface area contributed by atoms with Crippen LogP contribution >= 0.6 is 12.6 Å². The molecule has 4 amide bonds. The Kier molecular flexibility index (Phi) is 13.7. The molecule has 0 aromatic rings. The molecule has 0 rings (SSSR count). The molecule has 0 aromatic heterocycles. The summed E-state index contributed by atoms with van der Waals surface area (Å²) in [5.74, 6) is -7.20. The van der Waals surface area contributed by atoms with Gasteiger partial charge in [0.2, 0.25) is 23.6 Å². The maximum Gasteiger partial charge on any atom is 0.327 e. The van der Waals surface area contributed by atoms with Gasteiger partial charge in [-0.1, -0.05) is 0 Å². The Balaban J connectivity index is 5.56. The van der Waals surface area contributed by atoms with Crippen LogP contribution < -0.4 is 38.9 Å². The van der Waals surface area contributed by atoms with E-state index in [9.17, 15) is 28.8 Å². The minimum absolute atomic E-state index is 0.0621. The summed E-state index contributed by atoms with van der Waals surface area (Å²) in [5.41, 5.74) is 21.0. The fourth-order valence-corrected chi connectivity index (χ4v) is 2.72. The lowest BCUT2D eigenvalue weighted by Crippen LogP contribution is -2.57. The number of aliphatic carboxylic acids is 2.